The molecular weight excluding hydrogens is 212 g/mol. The number of halogens is 1. The summed E-state index contributed by atoms with van der Waals surface area (Å²) in [6.45, 7) is 6.11. The summed E-state index contributed by atoms with van der Waals surface area (Å²) in [5.41, 5.74) is 1.95. The van der Waals surface area contributed by atoms with Gasteiger partial charge in [0.05, 0.1) is 12.8 Å². The number of alkyl halides is 1. The molecule has 15 heavy (non-hydrogen) atoms. The highest BCUT2D eigenvalue weighted by molar-refractivity contribution is 6.21. The number of ether oxygens (including phenoxy) is 1. The van der Waals surface area contributed by atoms with Gasteiger partial charge in [0.15, 0.2) is 0 Å². The van der Waals surface area contributed by atoms with E-state index in [1.807, 2.05) is 6.92 Å². The van der Waals surface area contributed by atoms with Crippen molar-refractivity contribution in [3.63, 3.8) is 0 Å². The third-order valence-electron chi connectivity index (χ3n) is 2.63. The lowest BCUT2D eigenvalue weighted by atomic mass is 9.98. The minimum Gasteiger partial charge on any atom is -0.481 e. The van der Waals surface area contributed by atoms with Crippen LogP contribution in [0, 0.1) is 6.92 Å². The van der Waals surface area contributed by atoms with Crippen LogP contribution in [0.15, 0.2) is 6.33 Å². The van der Waals surface area contributed by atoms with Crippen molar-refractivity contribution in [2.75, 3.05) is 7.11 Å². The summed E-state index contributed by atoms with van der Waals surface area (Å²) in [6.07, 6.45) is 2.45. The second kappa shape index (κ2) is 5.31. The van der Waals surface area contributed by atoms with Crippen molar-refractivity contribution in [2.24, 2.45) is 0 Å². The van der Waals surface area contributed by atoms with Gasteiger partial charge in [-0.1, -0.05) is 13.8 Å². The predicted molar refractivity (Wildman–Crippen MR) is 61.7 cm³/mol. The fourth-order valence-electron chi connectivity index (χ4n) is 1.64. The maximum absolute atomic E-state index is 6.22. The highest BCUT2D eigenvalue weighted by Gasteiger charge is 2.19. The van der Waals surface area contributed by atoms with Gasteiger partial charge in [-0.2, -0.15) is 0 Å². The second-order valence-electron chi connectivity index (χ2n) is 3.61. The molecule has 3 nitrogen and oxygen atoms in total. The summed E-state index contributed by atoms with van der Waals surface area (Å²) in [6, 6.07) is 0. The number of aromatic nitrogens is 2. The second-order valence-corrected chi connectivity index (χ2v) is 4.17. The quantitative estimate of drug-likeness (QED) is 0.744. The summed E-state index contributed by atoms with van der Waals surface area (Å²) < 4.78 is 5.15. The minimum absolute atomic E-state index is 0.100. The average molecular weight is 229 g/mol. The Morgan fingerprint density at radius 1 is 1.47 bits per heavy atom. The molecule has 0 radical (unpaired) electrons. The standard InChI is InChI=1S/C11H17ClN2O/c1-5-9(12)7(2)10-8(3)11(15-4)14-6-13-10/h6-7,9H,5H2,1-4H3. The molecule has 0 aliphatic carbocycles. The summed E-state index contributed by atoms with van der Waals surface area (Å²) in [4.78, 5) is 8.33. The van der Waals surface area contributed by atoms with Crippen LogP contribution in [-0.2, 0) is 0 Å². The van der Waals surface area contributed by atoms with Gasteiger partial charge in [-0.3, -0.25) is 0 Å². The molecule has 0 aromatic carbocycles. The Morgan fingerprint density at radius 3 is 2.67 bits per heavy atom. The van der Waals surface area contributed by atoms with Crippen LogP contribution in [-0.4, -0.2) is 22.5 Å². The Bertz CT molecular complexity index is 330. The predicted octanol–water partition coefficient (Wildman–Crippen LogP) is 2.91. The van der Waals surface area contributed by atoms with E-state index < -0.39 is 0 Å². The normalized spacial score (nSPS) is 14.7. The van der Waals surface area contributed by atoms with E-state index in [1.165, 1.54) is 6.33 Å². The Hall–Kier alpha value is -0.830. The zero-order valence-corrected chi connectivity index (χ0v) is 10.4. The largest absolute Gasteiger partial charge is 0.481 e. The first-order valence-corrected chi connectivity index (χ1v) is 5.55. The van der Waals surface area contributed by atoms with E-state index in [2.05, 4.69) is 23.8 Å². The van der Waals surface area contributed by atoms with Crippen molar-refractivity contribution in [3.05, 3.63) is 17.6 Å². The van der Waals surface area contributed by atoms with Crippen molar-refractivity contribution in [1.29, 1.82) is 0 Å². The summed E-state index contributed by atoms with van der Waals surface area (Å²) >= 11 is 6.22. The van der Waals surface area contributed by atoms with Crippen LogP contribution >= 0.6 is 11.6 Å². The molecular formula is C11H17ClN2O. The highest BCUT2D eigenvalue weighted by atomic mass is 35.5. The minimum atomic E-state index is 0.100. The maximum atomic E-state index is 6.22. The number of nitrogens with zero attached hydrogens (tertiary/aromatic N) is 2. The van der Waals surface area contributed by atoms with E-state index in [-0.39, 0.29) is 11.3 Å². The monoisotopic (exact) mass is 228 g/mol. The third-order valence-corrected chi connectivity index (χ3v) is 3.32. The van der Waals surface area contributed by atoms with Gasteiger partial charge in [0.1, 0.15) is 6.33 Å². The van der Waals surface area contributed by atoms with Gasteiger partial charge < -0.3 is 4.74 Å². The van der Waals surface area contributed by atoms with Gasteiger partial charge in [0, 0.05) is 16.9 Å². The molecule has 0 aliphatic heterocycles. The number of methoxy groups -OCH3 is 1. The van der Waals surface area contributed by atoms with Crippen LogP contribution < -0.4 is 4.74 Å². The number of rotatable bonds is 4. The molecule has 2 atom stereocenters. The molecule has 2 unspecified atom stereocenters. The van der Waals surface area contributed by atoms with Gasteiger partial charge in [0.2, 0.25) is 5.88 Å². The van der Waals surface area contributed by atoms with Crippen LogP contribution in [0.2, 0.25) is 0 Å². The lowest BCUT2D eigenvalue weighted by molar-refractivity contribution is 0.391. The Labute approximate surface area is 95.8 Å². The molecule has 84 valence electrons. The lowest BCUT2D eigenvalue weighted by Crippen LogP contribution is -2.12. The van der Waals surface area contributed by atoms with E-state index in [0.29, 0.717) is 5.88 Å². The number of hydrogen-bond donors (Lipinski definition) is 0. The van der Waals surface area contributed by atoms with E-state index in [1.54, 1.807) is 7.11 Å². The van der Waals surface area contributed by atoms with E-state index in [4.69, 9.17) is 16.3 Å². The van der Waals surface area contributed by atoms with Gasteiger partial charge in [-0.05, 0) is 13.3 Å². The molecule has 0 amide bonds. The molecule has 0 bridgehead atoms. The Balaban J connectivity index is 3.03. The summed E-state index contributed by atoms with van der Waals surface area (Å²) in [7, 11) is 1.61. The Morgan fingerprint density at radius 2 is 2.13 bits per heavy atom. The molecule has 0 saturated heterocycles. The van der Waals surface area contributed by atoms with Crippen molar-refractivity contribution in [3.8, 4) is 5.88 Å². The fraction of sp³-hybridized carbons (Fsp3) is 0.636. The van der Waals surface area contributed by atoms with Gasteiger partial charge in [-0.25, -0.2) is 9.97 Å². The van der Waals surface area contributed by atoms with Gasteiger partial charge in [0.25, 0.3) is 0 Å². The van der Waals surface area contributed by atoms with E-state index >= 15 is 0 Å². The molecule has 0 saturated carbocycles. The first-order chi connectivity index (χ1) is 7.11. The summed E-state index contributed by atoms with van der Waals surface area (Å²) in [5, 5.41) is 0.100. The molecule has 1 aromatic rings. The smallest absolute Gasteiger partial charge is 0.219 e. The van der Waals surface area contributed by atoms with E-state index in [9.17, 15) is 0 Å². The average Bonchev–Trinajstić information content (AvgIpc) is 2.27. The maximum Gasteiger partial charge on any atom is 0.219 e. The van der Waals surface area contributed by atoms with Crippen molar-refractivity contribution in [2.45, 2.75) is 38.5 Å². The lowest BCUT2D eigenvalue weighted by Gasteiger charge is -2.18. The van der Waals surface area contributed by atoms with Gasteiger partial charge in [-0.15, -0.1) is 11.6 Å². The zero-order valence-electron chi connectivity index (χ0n) is 9.62. The van der Waals surface area contributed by atoms with Crippen LogP contribution in [0.4, 0.5) is 0 Å². The molecule has 0 N–H and O–H groups in total. The molecule has 0 spiro atoms. The number of hydrogen-bond acceptors (Lipinski definition) is 3. The highest BCUT2D eigenvalue weighted by Crippen LogP contribution is 2.28. The fourth-order valence-corrected chi connectivity index (χ4v) is 1.76. The first-order valence-electron chi connectivity index (χ1n) is 5.11. The van der Waals surface area contributed by atoms with Crippen LogP contribution in [0.5, 0.6) is 5.88 Å². The first kappa shape index (κ1) is 12.2. The molecule has 0 fully saturated rings. The molecule has 0 aliphatic rings. The Kier molecular flexibility index (Phi) is 4.33. The van der Waals surface area contributed by atoms with E-state index in [0.717, 1.165) is 17.7 Å². The third kappa shape index (κ3) is 2.59. The molecule has 4 heteroatoms. The van der Waals surface area contributed by atoms with Crippen LogP contribution in [0.3, 0.4) is 0 Å². The van der Waals surface area contributed by atoms with Crippen molar-refractivity contribution < 1.29 is 4.74 Å². The van der Waals surface area contributed by atoms with Crippen LogP contribution in [0.25, 0.3) is 0 Å². The SMILES string of the molecule is CCC(Cl)C(C)c1ncnc(OC)c1C. The molecule has 1 rings (SSSR count). The zero-order chi connectivity index (χ0) is 11.4. The van der Waals surface area contributed by atoms with Crippen molar-refractivity contribution >= 4 is 11.6 Å². The molecule has 1 aromatic heterocycles. The van der Waals surface area contributed by atoms with Crippen LogP contribution in [0.1, 0.15) is 37.4 Å². The summed E-state index contributed by atoms with van der Waals surface area (Å²) in [5.74, 6) is 0.848. The van der Waals surface area contributed by atoms with Gasteiger partial charge >= 0.3 is 0 Å². The van der Waals surface area contributed by atoms with Crippen molar-refractivity contribution in [1.82, 2.24) is 9.97 Å². The molecule has 1 heterocycles. The topological polar surface area (TPSA) is 35.0 Å².